The maximum Gasteiger partial charge on any atom is 0.0759 e. The molecule has 128 valence electrons. The summed E-state index contributed by atoms with van der Waals surface area (Å²) in [7, 11) is 0. The molecule has 3 rings (SSSR count). The molecule has 0 atom stereocenters. The first-order valence-corrected chi connectivity index (χ1v) is 9.31. The van der Waals surface area contributed by atoms with Crippen LogP contribution in [0.25, 0.3) is 0 Å². The van der Waals surface area contributed by atoms with E-state index in [0.29, 0.717) is 0 Å². The van der Waals surface area contributed by atoms with E-state index < -0.39 is 0 Å². The molecule has 1 aromatic heterocycles. The number of piperazine rings is 1. The van der Waals surface area contributed by atoms with E-state index in [9.17, 15) is 0 Å². The van der Waals surface area contributed by atoms with Crippen LogP contribution in [0.4, 0.5) is 0 Å². The quantitative estimate of drug-likeness (QED) is 0.802. The van der Waals surface area contributed by atoms with Crippen molar-refractivity contribution in [2.45, 2.75) is 33.9 Å². The Morgan fingerprint density at radius 3 is 2.08 bits per heavy atom. The Morgan fingerprint density at radius 2 is 1.42 bits per heavy atom. The summed E-state index contributed by atoms with van der Waals surface area (Å²) in [6, 6.07) is 8.49. The smallest absolute Gasteiger partial charge is 0.0759 e. The van der Waals surface area contributed by atoms with Gasteiger partial charge in [0.1, 0.15) is 0 Å². The summed E-state index contributed by atoms with van der Waals surface area (Å²) in [5.41, 5.74) is 5.63. The van der Waals surface area contributed by atoms with Crippen molar-refractivity contribution >= 4 is 15.9 Å². The summed E-state index contributed by atoms with van der Waals surface area (Å²) in [5.74, 6) is 0. The minimum Gasteiger partial charge on any atom is -0.297 e. The van der Waals surface area contributed by atoms with Crippen LogP contribution in [0.15, 0.2) is 28.7 Å². The van der Waals surface area contributed by atoms with Crippen molar-refractivity contribution in [3.05, 3.63) is 57.1 Å². The second-order valence-electron chi connectivity index (χ2n) is 6.57. The molecule has 0 saturated carbocycles. The minimum atomic E-state index is 0.906. The normalized spacial score (nSPS) is 16.5. The lowest BCUT2D eigenvalue weighted by Gasteiger charge is -2.34. The van der Waals surface area contributed by atoms with Gasteiger partial charge in [-0.05, 0) is 32.4 Å². The average molecular weight is 389 g/mol. The molecule has 1 saturated heterocycles. The van der Waals surface area contributed by atoms with Gasteiger partial charge in [0.25, 0.3) is 0 Å². The Morgan fingerprint density at radius 1 is 0.833 bits per heavy atom. The van der Waals surface area contributed by atoms with E-state index in [1.165, 1.54) is 10.0 Å². The van der Waals surface area contributed by atoms with E-state index >= 15 is 0 Å². The van der Waals surface area contributed by atoms with E-state index in [0.717, 1.165) is 62.0 Å². The molecule has 0 N–H and O–H groups in total. The molecule has 5 heteroatoms. The highest BCUT2D eigenvalue weighted by Crippen LogP contribution is 2.19. The molecule has 2 aromatic rings. The Bertz CT molecular complexity index is 709. The van der Waals surface area contributed by atoms with E-state index in [1.807, 2.05) is 13.8 Å². The van der Waals surface area contributed by atoms with Crippen molar-refractivity contribution < 1.29 is 0 Å². The summed E-state index contributed by atoms with van der Waals surface area (Å²) in [5, 5.41) is 0. The van der Waals surface area contributed by atoms with Gasteiger partial charge < -0.3 is 0 Å². The number of halogens is 1. The van der Waals surface area contributed by atoms with Gasteiger partial charge in [-0.2, -0.15) is 0 Å². The first-order valence-electron chi connectivity index (χ1n) is 8.52. The van der Waals surface area contributed by atoms with E-state index in [4.69, 9.17) is 4.98 Å². The van der Waals surface area contributed by atoms with Gasteiger partial charge in [0.2, 0.25) is 0 Å². The van der Waals surface area contributed by atoms with Gasteiger partial charge in [0.05, 0.1) is 22.8 Å². The van der Waals surface area contributed by atoms with Gasteiger partial charge >= 0.3 is 0 Å². The molecular formula is C19H25BrN4. The number of hydrogen-bond donors (Lipinski definition) is 0. The Kier molecular flexibility index (Phi) is 5.64. The first-order chi connectivity index (χ1) is 11.5. The van der Waals surface area contributed by atoms with Gasteiger partial charge in [-0.15, -0.1) is 0 Å². The number of aromatic nitrogens is 2. The Hall–Kier alpha value is -1.30. The van der Waals surface area contributed by atoms with Crippen LogP contribution >= 0.6 is 15.9 Å². The summed E-state index contributed by atoms with van der Waals surface area (Å²) in [6.45, 7) is 12.4. The van der Waals surface area contributed by atoms with Gasteiger partial charge in [-0.1, -0.05) is 34.1 Å². The molecule has 24 heavy (non-hydrogen) atoms. The third-order valence-corrected chi connectivity index (χ3v) is 5.54. The molecule has 1 aliphatic rings. The Balaban J connectivity index is 1.56. The van der Waals surface area contributed by atoms with Crippen molar-refractivity contribution in [1.82, 2.24) is 19.8 Å². The highest BCUT2D eigenvalue weighted by molar-refractivity contribution is 9.10. The van der Waals surface area contributed by atoms with Crippen LogP contribution in [0.2, 0.25) is 0 Å². The molecule has 4 nitrogen and oxygen atoms in total. The van der Waals surface area contributed by atoms with E-state index in [-0.39, 0.29) is 0 Å². The van der Waals surface area contributed by atoms with Crippen LogP contribution in [-0.4, -0.2) is 45.9 Å². The summed E-state index contributed by atoms with van der Waals surface area (Å²) in [6.07, 6.45) is 0. The zero-order chi connectivity index (χ0) is 17.1. The standard InChI is InChI=1S/C19H25BrN4/c1-14-15(2)22-19(16(3)21-14)13-24-10-8-23(9-11-24)12-17-6-4-5-7-18(17)20/h4-7H,8-13H2,1-3H3. The second kappa shape index (κ2) is 7.72. The second-order valence-corrected chi connectivity index (χ2v) is 7.42. The number of nitrogens with zero attached hydrogens (tertiary/aromatic N) is 4. The number of aryl methyl sites for hydroxylation is 3. The highest BCUT2D eigenvalue weighted by atomic mass is 79.9. The lowest BCUT2D eigenvalue weighted by atomic mass is 10.2. The van der Waals surface area contributed by atoms with Gasteiger partial charge in [0, 0.05) is 43.7 Å². The first kappa shape index (κ1) is 17.5. The maximum absolute atomic E-state index is 4.74. The van der Waals surface area contributed by atoms with E-state index in [1.54, 1.807) is 0 Å². The zero-order valence-corrected chi connectivity index (χ0v) is 16.3. The van der Waals surface area contributed by atoms with Gasteiger partial charge in [0.15, 0.2) is 0 Å². The SMILES string of the molecule is Cc1nc(C)c(CN2CCN(Cc3ccccc3Br)CC2)nc1C. The molecule has 1 aliphatic heterocycles. The van der Waals surface area contributed by atoms with Crippen LogP contribution < -0.4 is 0 Å². The van der Waals surface area contributed by atoms with Gasteiger partial charge in [-0.25, -0.2) is 0 Å². The number of benzene rings is 1. The fourth-order valence-electron chi connectivity index (χ4n) is 3.10. The molecule has 2 heterocycles. The average Bonchev–Trinajstić information content (AvgIpc) is 2.56. The minimum absolute atomic E-state index is 0.906. The highest BCUT2D eigenvalue weighted by Gasteiger charge is 2.19. The molecular weight excluding hydrogens is 364 g/mol. The van der Waals surface area contributed by atoms with Crippen LogP contribution in [0.3, 0.4) is 0 Å². The van der Waals surface area contributed by atoms with Crippen molar-refractivity contribution in [2.75, 3.05) is 26.2 Å². The fourth-order valence-corrected chi connectivity index (χ4v) is 3.51. The predicted octanol–water partition coefficient (Wildman–Crippen LogP) is 3.48. The summed E-state index contributed by atoms with van der Waals surface area (Å²) >= 11 is 3.65. The topological polar surface area (TPSA) is 32.3 Å². The largest absolute Gasteiger partial charge is 0.297 e. The number of hydrogen-bond acceptors (Lipinski definition) is 4. The lowest BCUT2D eigenvalue weighted by Crippen LogP contribution is -2.45. The molecule has 0 radical (unpaired) electrons. The van der Waals surface area contributed by atoms with E-state index in [2.05, 4.69) is 61.9 Å². The third kappa shape index (κ3) is 4.21. The molecule has 1 aromatic carbocycles. The predicted molar refractivity (Wildman–Crippen MR) is 101 cm³/mol. The number of rotatable bonds is 4. The summed E-state index contributed by atoms with van der Waals surface area (Å²) in [4.78, 5) is 14.4. The van der Waals surface area contributed by atoms with Crippen LogP contribution in [-0.2, 0) is 13.1 Å². The van der Waals surface area contributed by atoms with Crippen LogP contribution in [0.1, 0.15) is 28.3 Å². The molecule has 0 spiro atoms. The van der Waals surface area contributed by atoms with Crippen LogP contribution in [0.5, 0.6) is 0 Å². The summed E-state index contributed by atoms with van der Waals surface area (Å²) < 4.78 is 1.20. The molecule has 0 bridgehead atoms. The van der Waals surface area contributed by atoms with Gasteiger partial charge in [-0.3, -0.25) is 19.8 Å². The third-order valence-electron chi connectivity index (χ3n) is 4.77. The van der Waals surface area contributed by atoms with Crippen LogP contribution in [0, 0.1) is 20.8 Å². The van der Waals surface area contributed by atoms with Crippen molar-refractivity contribution in [3.8, 4) is 0 Å². The molecule has 1 fully saturated rings. The monoisotopic (exact) mass is 388 g/mol. The van der Waals surface area contributed by atoms with Crippen molar-refractivity contribution in [3.63, 3.8) is 0 Å². The maximum atomic E-state index is 4.74. The molecule has 0 amide bonds. The Labute approximate surface area is 153 Å². The van der Waals surface area contributed by atoms with Crippen molar-refractivity contribution in [1.29, 1.82) is 0 Å². The molecule has 0 aliphatic carbocycles. The molecule has 0 unspecified atom stereocenters. The van der Waals surface area contributed by atoms with Crippen molar-refractivity contribution in [2.24, 2.45) is 0 Å². The lowest BCUT2D eigenvalue weighted by molar-refractivity contribution is 0.120. The fraction of sp³-hybridized carbons (Fsp3) is 0.474. The zero-order valence-electron chi connectivity index (χ0n) is 14.7.